The number of rotatable bonds is 3. The number of benzene rings is 1. The van der Waals surface area contributed by atoms with Crippen LogP contribution in [0, 0.1) is 11.6 Å². The first-order valence-electron chi connectivity index (χ1n) is 8.69. The molecule has 0 N–H and O–H groups in total. The molecule has 3 aromatic rings. The van der Waals surface area contributed by atoms with Crippen LogP contribution in [0.2, 0.25) is 0 Å². The molecule has 144 valence electrons. The molecule has 0 spiro atoms. The predicted octanol–water partition coefficient (Wildman–Crippen LogP) is 2.09. The number of morpholine rings is 1. The van der Waals surface area contributed by atoms with Crippen LogP contribution >= 0.6 is 0 Å². The average molecular weight is 385 g/mol. The van der Waals surface area contributed by atoms with Crippen molar-refractivity contribution in [3.63, 3.8) is 0 Å². The molecule has 0 aliphatic carbocycles. The SMILES string of the molecule is Cn1c(N2CCOC(c3ccc(F)cc3F)C2)nc(-c2ccncn2)cc1=O. The Bertz CT molecular complexity index is 1060. The molecule has 1 unspecified atom stereocenters. The monoisotopic (exact) mass is 385 g/mol. The number of halogens is 2. The highest BCUT2D eigenvalue weighted by Gasteiger charge is 2.27. The Morgan fingerprint density at radius 1 is 1.18 bits per heavy atom. The van der Waals surface area contributed by atoms with Gasteiger partial charge in [0, 0.05) is 37.5 Å². The number of hydrogen-bond donors (Lipinski definition) is 0. The van der Waals surface area contributed by atoms with Gasteiger partial charge in [0.1, 0.15) is 24.1 Å². The summed E-state index contributed by atoms with van der Waals surface area (Å²) in [6, 6.07) is 6.49. The van der Waals surface area contributed by atoms with E-state index in [4.69, 9.17) is 4.74 Å². The molecule has 4 rings (SSSR count). The lowest BCUT2D eigenvalue weighted by Gasteiger charge is -2.34. The molecule has 1 aliphatic rings. The molecule has 1 atom stereocenters. The third-order valence-corrected chi connectivity index (χ3v) is 4.61. The number of aromatic nitrogens is 4. The molecule has 0 radical (unpaired) electrons. The summed E-state index contributed by atoms with van der Waals surface area (Å²) in [6.07, 6.45) is 2.35. The molecule has 0 amide bonds. The first-order valence-corrected chi connectivity index (χ1v) is 8.69. The standard InChI is InChI=1S/C19H17F2N5O2/c1-25-18(27)9-16(15-4-5-22-11-23-15)24-19(25)26-6-7-28-17(10-26)13-3-2-12(20)8-14(13)21/h2-5,8-9,11,17H,6-7,10H2,1H3. The van der Waals surface area contributed by atoms with Crippen molar-refractivity contribution in [2.24, 2.45) is 7.05 Å². The zero-order chi connectivity index (χ0) is 19.7. The van der Waals surface area contributed by atoms with E-state index in [1.54, 1.807) is 19.3 Å². The van der Waals surface area contributed by atoms with Gasteiger partial charge >= 0.3 is 0 Å². The molecule has 9 heteroatoms. The van der Waals surface area contributed by atoms with Gasteiger partial charge in [0.15, 0.2) is 0 Å². The lowest BCUT2D eigenvalue weighted by atomic mass is 10.1. The maximum absolute atomic E-state index is 14.2. The van der Waals surface area contributed by atoms with Crippen LogP contribution in [-0.4, -0.2) is 39.2 Å². The highest BCUT2D eigenvalue weighted by molar-refractivity contribution is 5.55. The van der Waals surface area contributed by atoms with E-state index in [2.05, 4.69) is 15.0 Å². The van der Waals surface area contributed by atoms with Gasteiger partial charge in [-0.05, 0) is 12.1 Å². The van der Waals surface area contributed by atoms with E-state index < -0.39 is 17.7 Å². The molecule has 7 nitrogen and oxygen atoms in total. The summed E-state index contributed by atoms with van der Waals surface area (Å²) >= 11 is 0. The Hall–Kier alpha value is -3.20. The minimum Gasteiger partial charge on any atom is -0.370 e. The minimum atomic E-state index is -0.663. The van der Waals surface area contributed by atoms with Gasteiger partial charge in [-0.2, -0.15) is 0 Å². The van der Waals surface area contributed by atoms with Crippen molar-refractivity contribution in [3.8, 4) is 11.4 Å². The normalized spacial score (nSPS) is 17.0. The summed E-state index contributed by atoms with van der Waals surface area (Å²) in [5, 5.41) is 0. The van der Waals surface area contributed by atoms with Crippen LogP contribution in [0.15, 0.2) is 47.7 Å². The summed E-state index contributed by atoms with van der Waals surface area (Å²) in [5.41, 5.74) is 0.984. The van der Waals surface area contributed by atoms with Crippen molar-refractivity contribution < 1.29 is 13.5 Å². The zero-order valence-corrected chi connectivity index (χ0v) is 15.0. The maximum atomic E-state index is 14.2. The molecule has 28 heavy (non-hydrogen) atoms. The zero-order valence-electron chi connectivity index (χ0n) is 15.0. The lowest BCUT2D eigenvalue weighted by Crippen LogP contribution is -2.42. The van der Waals surface area contributed by atoms with Crippen LogP contribution in [0.5, 0.6) is 0 Å². The number of nitrogens with zero attached hydrogens (tertiary/aromatic N) is 5. The van der Waals surface area contributed by atoms with Crippen molar-refractivity contribution >= 4 is 5.95 Å². The van der Waals surface area contributed by atoms with Gasteiger partial charge in [0.2, 0.25) is 5.95 Å². The first kappa shape index (κ1) is 18.2. The molecule has 0 bridgehead atoms. The smallest absolute Gasteiger partial charge is 0.255 e. The average Bonchev–Trinajstić information content (AvgIpc) is 2.70. The highest BCUT2D eigenvalue weighted by atomic mass is 19.1. The molecule has 3 heterocycles. The van der Waals surface area contributed by atoms with Gasteiger partial charge in [-0.1, -0.05) is 6.07 Å². The Labute approximate surface area is 159 Å². The molecule has 1 saturated heterocycles. The van der Waals surface area contributed by atoms with Gasteiger partial charge in [0.25, 0.3) is 5.56 Å². The largest absolute Gasteiger partial charge is 0.370 e. The second-order valence-corrected chi connectivity index (χ2v) is 6.40. The predicted molar refractivity (Wildman–Crippen MR) is 97.8 cm³/mol. The Balaban J connectivity index is 1.68. The fourth-order valence-electron chi connectivity index (χ4n) is 3.17. The number of hydrogen-bond acceptors (Lipinski definition) is 6. The van der Waals surface area contributed by atoms with Crippen molar-refractivity contribution in [3.05, 3.63) is 70.4 Å². The topological polar surface area (TPSA) is 73.1 Å². The minimum absolute atomic E-state index is 0.241. The van der Waals surface area contributed by atoms with Gasteiger partial charge < -0.3 is 9.64 Å². The maximum Gasteiger partial charge on any atom is 0.255 e. The Kier molecular flexibility index (Phi) is 4.82. The Morgan fingerprint density at radius 3 is 2.79 bits per heavy atom. The Morgan fingerprint density at radius 2 is 2.04 bits per heavy atom. The highest BCUT2D eigenvalue weighted by Crippen LogP contribution is 2.27. The van der Waals surface area contributed by atoms with Crippen molar-refractivity contribution in [2.45, 2.75) is 6.10 Å². The van der Waals surface area contributed by atoms with Gasteiger partial charge in [-0.15, -0.1) is 0 Å². The summed E-state index contributed by atoms with van der Waals surface area (Å²) in [7, 11) is 1.62. The van der Waals surface area contributed by atoms with E-state index in [-0.39, 0.29) is 17.7 Å². The van der Waals surface area contributed by atoms with E-state index in [0.717, 1.165) is 6.07 Å². The van der Waals surface area contributed by atoms with Crippen LogP contribution in [0.1, 0.15) is 11.7 Å². The van der Waals surface area contributed by atoms with Crippen LogP contribution in [0.25, 0.3) is 11.4 Å². The van der Waals surface area contributed by atoms with Crippen LogP contribution in [-0.2, 0) is 11.8 Å². The molecule has 2 aromatic heterocycles. The number of ether oxygens (including phenoxy) is 1. The molecular weight excluding hydrogens is 368 g/mol. The van der Waals surface area contributed by atoms with Gasteiger partial charge in [-0.25, -0.2) is 23.7 Å². The third kappa shape index (κ3) is 3.48. The lowest BCUT2D eigenvalue weighted by molar-refractivity contribution is 0.0366. The first-order chi connectivity index (χ1) is 13.5. The van der Waals surface area contributed by atoms with E-state index in [9.17, 15) is 13.6 Å². The fourth-order valence-corrected chi connectivity index (χ4v) is 3.17. The summed E-state index contributed by atoms with van der Waals surface area (Å²) < 4.78 is 34.5. The van der Waals surface area contributed by atoms with E-state index >= 15 is 0 Å². The molecule has 1 aliphatic heterocycles. The molecule has 1 aromatic carbocycles. The second-order valence-electron chi connectivity index (χ2n) is 6.40. The quantitative estimate of drug-likeness (QED) is 0.688. The third-order valence-electron chi connectivity index (χ3n) is 4.61. The van der Waals surface area contributed by atoms with Gasteiger partial charge in [-0.3, -0.25) is 9.36 Å². The van der Waals surface area contributed by atoms with Crippen LogP contribution < -0.4 is 10.5 Å². The van der Waals surface area contributed by atoms with E-state index in [0.29, 0.717) is 30.5 Å². The fraction of sp³-hybridized carbons (Fsp3) is 0.263. The van der Waals surface area contributed by atoms with Crippen molar-refractivity contribution in [1.82, 2.24) is 19.5 Å². The molecular formula is C19H17F2N5O2. The summed E-state index contributed by atoms with van der Waals surface area (Å²) in [5.74, 6) is -0.879. The van der Waals surface area contributed by atoms with E-state index in [1.807, 2.05) is 4.90 Å². The molecule has 0 saturated carbocycles. The van der Waals surface area contributed by atoms with Crippen molar-refractivity contribution in [1.29, 1.82) is 0 Å². The van der Waals surface area contributed by atoms with Gasteiger partial charge in [0.05, 0.1) is 24.5 Å². The summed E-state index contributed by atoms with van der Waals surface area (Å²) in [6.45, 7) is 1.07. The summed E-state index contributed by atoms with van der Waals surface area (Å²) in [4.78, 5) is 26.9. The van der Waals surface area contributed by atoms with E-state index in [1.165, 1.54) is 29.1 Å². The number of anilines is 1. The van der Waals surface area contributed by atoms with Crippen LogP contribution in [0.3, 0.4) is 0 Å². The molecule has 1 fully saturated rings. The second kappa shape index (κ2) is 7.43. The van der Waals surface area contributed by atoms with Crippen LogP contribution in [0.4, 0.5) is 14.7 Å². The van der Waals surface area contributed by atoms with Crippen molar-refractivity contribution in [2.75, 3.05) is 24.6 Å².